The summed E-state index contributed by atoms with van der Waals surface area (Å²) >= 11 is 0. The average Bonchev–Trinajstić information content (AvgIpc) is 2.62. The van der Waals surface area contributed by atoms with Gasteiger partial charge in [0.1, 0.15) is 0 Å². The van der Waals surface area contributed by atoms with E-state index in [1.54, 1.807) is 26.5 Å². The fourth-order valence-electron chi connectivity index (χ4n) is 2.29. The zero-order chi connectivity index (χ0) is 18.4. The van der Waals surface area contributed by atoms with Crippen LogP contribution in [-0.4, -0.2) is 40.4 Å². The molecule has 0 heterocycles. The first-order chi connectivity index (χ1) is 12.0. The molecule has 0 fully saturated rings. The number of methoxy groups -OCH3 is 2. The Kier molecular flexibility index (Phi) is 6.00. The number of aryl methyl sites for hydroxylation is 1. The molecule has 6 heteroatoms. The molecule has 0 spiro atoms. The van der Waals surface area contributed by atoms with Crippen molar-refractivity contribution in [2.75, 3.05) is 33.2 Å². The number of amides is 1. The van der Waals surface area contributed by atoms with Crippen LogP contribution in [0.5, 0.6) is 11.5 Å². The highest BCUT2D eigenvalue weighted by atomic mass is 16.5. The minimum atomic E-state index is -0.266. The Balaban J connectivity index is 2.13. The Bertz CT molecular complexity index is 785. The number of nitrogens with one attached hydrogen (secondary N) is 1. The van der Waals surface area contributed by atoms with Crippen molar-refractivity contribution in [1.29, 1.82) is 0 Å². The van der Waals surface area contributed by atoms with E-state index in [-0.39, 0.29) is 5.91 Å². The quantitative estimate of drug-likeness (QED) is 0.648. The van der Waals surface area contributed by atoms with E-state index in [9.17, 15) is 4.79 Å². The third-order valence-electron chi connectivity index (χ3n) is 3.77. The molecule has 0 atom stereocenters. The van der Waals surface area contributed by atoms with Gasteiger partial charge in [-0.1, -0.05) is 6.07 Å². The van der Waals surface area contributed by atoms with Crippen molar-refractivity contribution >= 4 is 17.8 Å². The maximum atomic E-state index is 12.2. The number of hydrogen-bond acceptors (Lipinski definition) is 5. The van der Waals surface area contributed by atoms with Gasteiger partial charge in [-0.2, -0.15) is 5.10 Å². The summed E-state index contributed by atoms with van der Waals surface area (Å²) in [4.78, 5) is 14.2. The first kappa shape index (κ1) is 18.3. The Morgan fingerprint density at radius 2 is 1.80 bits per heavy atom. The molecule has 0 unspecified atom stereocenters. The second kappa shape index (κ2) is 8.19. The third kappa shape index (κ3) is 4.50. The van der Waals surface area contributed by atoms with E-state index < -0.39 is 0 Å². The smallest absolute Gasteiger partial charge is 0.271 e. The van der Waals surface area contributed by atoms with E-state index in [1.165, 1.54) is 0 Å². The molecule has 0 aliphatic heterocycles. The fourth-order valence-corrected chi connectivity index (χ4v) is 2.29. The minimum absolute atomic E-state index is 0.266. The molecule has 2 rings (SSSR count). The summed E-state index contributed by atoms with van der Waals surface area (Å²) in [6.45, 7) is 1.94. The molecule has 2 aromatic carbocycles. The number of ether oxygens (including phenoxy) is 2. The van der Waals surface area contributed by atoms with Crippen LogP contribution in [0.4, 0.5) is 5.69 Å². The van der Waals surface area contributed by atoms with Gasteiger partial charge in [-0.15, -0.1) is 0 Å². The summed E-state index contributed by atoms with van der Waals surface area (Å²) in [6, 6.07) is 11.0. The summed E-state index contributed by atoms with van der Waals surface area (Å²) in [5, 5.41) is 4.05. The predicted octanol–water partition coefficient (Wildman–Crippen LogP) is 2.84. The molecule has 1 amide bonds. The molecule has 0 aliphatic rings. The van der Waals surface area contributed by atoms with Gasteiger partial charge in [0.15, 0.2) is 11.5 Å². The summed E-state index contributed by atoms with van der Waals surface area (Å²) in [6.07, 6.45) is 1.59. The van der Waals surface area contributed by atoms with E-state index in [2.05, 4.69) is 10.5 Å². The summed E-state index contributed by atoms with van der Waals surface area (Å²) in [5.74, 6) is 0.999. The van der Waals surface area contributed by atoms with Crippen LogP contribution in [0, 0.1) is 6.92 Å². The van der Waals surface area contributed by atoms with Crippen molar-refractivity contribution < 1.29 is 14.3 Å². The van der Waals surface area contributed by atoms with Crippen molar-refractivity contribution in [3.05, 3.63) is 53.1 Å². The zero-order valence-corrected chi connectivity index (χ0v) is 15.2. The van der Waals surface area contributed by atoms with Crippen LogP contribution in [0.15, 0.2) is 41.5 Å². The number of rotatable bonds is 6. The molecule has 0 aliphatic carbocycles. The lowest BCUT2D eigenvalue weighted by molar-refractivity contribution is 0.0955. The largest absolute Gasteiger partial charge is 0.493 e. The molecule has 0 saturated heterocycles. The number of nitrogens with zero attached hydrogens (tertiary/aromatic N) is 2. The second-order valence-electron chi connectivity index (χ2n) is 5.71. The van der Waals surface area contributed by atoms with Gasteiger partial charge >= 0.3 is 0 Å². The summed E-state index contributed by atoms with van der Waals surface area (Å²) in [7, 11) is 7.02. The SMILES string of the molecule is COc1cc(C)c(/C=N\NC(=O)c2cccc(N(C)C)c2)cc1OC. The standard InChI is InChI=1S/C19H23N3O3/c1-13-9-17(24-4)18(25-5)11-15(13)12-20-21-19(23)14-7-6-8-16(10-14)22(2)3/h6-12H,1-5H3,(H,21,23)/b20-12-. The van der Waals surface area contributed by atoms with Gasteiger partial charge in [-0.25, -0.2) is 5.43 Å². The second-order valence-corrected chi connectivity index (χ2v) is 5.71. The summed E-state index contributed by atoms with van der Waals surface area (Å²) in [5.41, 5.74) is 5.84. The molecule has 0 radical (unpaired) electrons. The van der Waals surface area contributed by atoms with Gasteiger partial charge in [-0.05, 0) is 42.8 Å². The number of anilines is 1. The normalized spacial score (nSPS) is 10.6. The van der Waals surface area contributed by atoms with Crippen LogP contribution in [0.25, 0.3) is 0 Å². The Morgan fingerprint density at radius 3 is 2.44 bits per heavy atom. The number of hydrazone groups is 1. The highest BCUT2D eigenvalue weighted by Gasteiger charge is 2.08. The minimum Gasteiger partial charge on any atom is -0.493 e. The number of carbonyl (C=O) groups is 1. The molecular weight excluding hydrogens is 318 g/mol. The number of carbonyl (C=O) groups excluding carboxylic acids is 1. The molecule has 0 bridgehead atoms. The highest BCUT2D eigenvalue weighted by molar-refractivity contribution is 5.95. The highest BCUT2D eigenvalue weighted by Crippen LogP contribution is 2.29. The molecule has 25 heavy (non-hydrogen) atoms. The first-order valence-electron chi connectivity index (χ1n) is 7.79. The average molecular weight is 341 g/mol. The maximum Gasteiger partial charge on any atom is 0.271 e. The van der Waals surface area contributed by atoms with Crippen molar-refractivity contribution in [2.24, 2.45) is 5.10 Å². The topological polar surface area (TPSA) is 63.2 Å². The van der Waals surface area contributed by atoms with Crippen molar-refractivity contribution in [1.82, 2.24) is 5.43 Å². The Labute approximate surface area is 148 Å². The lowest BCUT2D eigenvalue weighted by Gasteiger charge is -2.13. The maximum absolute atomic E-state index is 12.2. The molecule has 6 nitrogen and oxygen atoms in total. The van der Waals surface area contributed by atoms with Crippen LogP contribution in [0.1, 0.15) is 21.5 Å². The van der Waals surface area contributed by atoms with E-state index in [1.807, 2.05) is 56.3 Å². The molecule has 1 N–H and O–H groups in total. The fraction of sp³-hybridized carbons (Fsp3) is 0.263. The molecule has 0 saturated carbocycles. The van der Waals surface area contributed by atoms with E-state index in [4.69, 9.17) is 9.47 Å². The van der Waals surface area contributed by atoms with Gasteiger partial charge in [0.25, 0.3) is 5.91 Å². The molecule has 2 aromatic rings. The van der Waals surface area contributed by atoms with Gasteiger partial charge in [0.2, 0.25) is 0 Å². The van der Waals surface area contributed by atoms with Crippen LogP contribution in [0.3, 0.4) is 0 Å². The third-order valence-corrected chi connectivity index (χ3v) is 3.77. The number of hydrogen-bond donors (Lipinski definition) is 1. The van der Waals surface area contributed by atoms with Gasteiger partial charge in [0, 0.05) is 30.9 Å². The van der Waals surface area contributed by atoms with Crippen molar-refractivity contribution in [3.8, 4) is 11.5 Å². The van der Waals surface area contributed by atoms with Crippen molar-refractivity contribution in [3.63, 3.8) is 0 Å². The first-order valence-corrected chi connectivity index (χ1v) is 7.79. The zero-order valence-electron chi connectivity index (χ0n) is 15.2. The number of benzene rings is 2. The monoisotopic (exact) mass is 341 g/mol. The van der Waals surface area contributed by atoms with E-state index in [0.717, 1.165) is 16.8 Å². The van der Waals surface area contributed by atoms with Crippen LogP contribution >= 0.6 is 0 Å². The van der Waals surface area contributed by atoms with Crippen LogP contribution in [-0.2, 0) is 0 Å². The molecular formula is C19H23N3O3. The van der Waals surface area contributed by atoms with Gasteiger partial charge in [0.05, 0.1) is 20.4 Å². The van der Waals surface area contributed by atoms with E-state index in [0.29, 0.717) is 17.1 Å². The van der Waals surface area contributed by atoms with Crippen LogP contribution in [0.2, 0.25) is 0 Å². The van der Waals surface area contributed by atoms with Gasteiger partial charge in [-0.3, -0.25) is 4.79 Å². The lowest BCUT2D eigenvalue weighted by Crippen LogP contribution is -2.18. The van der Waals surface area contributed by atoms with Gasteiger partial charge < -0.3 is 14.4 Å². The van der Waals surface area contributed by atoms with E-state index >= 15 is 0 Å². The lowest BCUT2D eigenvalue weighted by atomic mass is 10.1. The molecule has 132 valence electrons. The molecule has 0 aromatic heterocycles. The Morgan fingerprint density at radius 1 is 1.12 bits per heavy atom. The summed E-state index contributed by atoms with van der Waals surface area (Å²) < 4.78 is 10.5. The van der Waals surface area contributed by atoms with Crippen molar-refractivity contribution in [2.45, 2.75) is 6.92 Å². The van der Waals surface area contributed by atoms with Crippen LogP contribution < -0.4 is 19.8 Å². The predicted molar refractivity (Wildman–Crippen MR) is 100 cm³/mol. The Hall–Kier alpha value is -3.02.